The quantitative estimate of drug-likeness (QED) is 0.753. The van der Waals surface area contributed by atoms with Crippen molar-refractivity contribution in [1.82, 2.24) is 9.97 Å². The maximum absolute atomic E-state index is 13.6. The van der Waals surface area contributed by atoms with E-state index in [2.05, 4.69) is 9.97 Å². The number of nitrogens with zero attached hydrogens (tertiary/aromatic N) is 2. The second-order valence-electron chi connectivity index (χ2n) is 5.70. The summed E-state index contributed by atoms with van der Waals surface area (Å²) in [5, 5.41) is 0.663. The third-order valence-electron chi connectivity index (χ3n) is 3.70. The number of hydrogen-bond donors (Lipinski definition) is 2. The molecular weight excluding hydrogens is 298 g/mol. The van der Waals surface area contributed by atoms with E-state index < -0.39 is 11.6 Å². The van der Waals surface area contributed by atoms with E-state index >= 15 is 0 Å². The number of rotatable bonds is 2. The third-order valence-corrected chi connectivity index (χ3v) is 3.70. The topological polar surface area (TPSA) is 77.8 Å². The molecule has 4 nitrogen and oxygen atoms in total. The normalized spacial score (nSPS) is 11.3. The molecular formula is C17H16F2N4. The molecule has 118 valence electrons. The predicted molar refractivity (Wildman–Crippen MR) is 87.8 cm³/mol. The van der Waals surface area contributed by atoms with Crippen LogP contribution in [0.2, 0.25) is 0 Å². The maximum atomic E-state index is 13.6. The Balaban J connectivity index is 2.40. The summed E-state index contributed by atoms with van der Waals surface area (Å²) in [7, 11) is 0. The van der Waals surface area contributed by atoms with Crippen molar-refractivity contribution in [2.24, 2.45) is 0 Å². The standard InChI is InChI=1S/C17H16F2N4/c1-8(2)14-12(9-5-10(18)7-11(19)6-9)3-4-13-15(14)16(20)23-17(21)22-13/h3-8H,1-2H3,(H4,20,21,22,23). The molecule has 0 aliphatic carbocycles. The van der Waals surface area contributed by atoms with Crippen molar-refractivity contribution in [1.29, 1.82) is 0 Å². The van der Waals surface area contributed by atoms with Crippen LogP contribution in [0.5, 0.6) is 0 Å². The van der Waals surface area contributed by atoms with Crippen LogP contribution in [0.15, 0.2) is 30.3 Å². The van der Waals surface area contributed by atoms with Gasteiger partial charge in [0.1, 0.15) is 17.5 Å². The van der Waals surface area contributed by atoms with Crippen LogP contribution in [0.25, 0.3) is 22.0 Å². The summed E-state index contributed by atoms with van der Waals surface area (Å²) >= 11 is 0. The molecule has 0 spiro atoms. The van der Waals surface area contributed by atoms with Crippen molar-refractivity contribution in [2.75, 3.05) is 11.5 Å². The van der Waals surface area contributed by atoms with Crippen LogP contribution in [-0.2, 0) is 0 Å². The fraction of sp³-hybridized carbons (Fsp3) is 0.176. The second kappa shape index (κ2) is 5.46. The average molecular weight is 314 g/mol. The van der Waals surface area contributed by atoms with Gasteiger partial charge in [-0.2, -0.15) is 4.98 Å². The van der Waals surface area contributed by atoms with Gasteiger partial charge in [-0.25, -0.2) is 13.8 Å². The molecule has 0 unspecified atom stereocenters. The molecule has 4 N–H and O–H groups in total. The summed E-state index contributed by atoms with van der Waals surface area (Å²) in [6, 6.07) is 6.94. The number of halogens is 2. The Kier molecular flexibility index (Phi) is 3.60. The molecule has 0 saturated carbocycles. The van der Waals surface area contributed by atoms with E-state index in [1.54, 1.807) is 12.1 Å². The molecule has 0 radical (unpaired) electrons. The average Bonchev–Trinajstić information content (AvgIpc) is 2.44. The van der Waals surface area contributed by atoms with E-state index in [9.17, 15) is 8.78 Å². The number of nitrogens with two attached hydrogens (primary N) is 2. The highest BCUT2D eigenvalue weighted by Gasteiger charge is 2.17. The van der Waals surface area contributed by atoms with Gasteiger partial charge >= 0.3 is 0 Å². The molecule has 3 aromatic rings. The van der Waals surface area contributed by atoms with Gasteiger partial charge in [-0.1, -0.05) is 19.9 Å². The summed E-state index contributed by atoms with van der Waals surface area (Å²) in [6.45, 7) is 3.95. The molecule has 0 aliphatic rings. The van der Waals surface area contributed by atoms with E-state index in [-0.39, 0.29) is 17.7 Å². The first-order valence-electron chi connectivity index (χ1n) is 7.19. The summed E-state index contributed by atoms with van der Waals surface area (Å²) < 4.78 is 27.2. The number of hydrogen-bond acceptors (Lipinski definition) is 4. The van der Waals surface area contributed by atoms with E-state index in [0.717, 1.165) is 11.6 Å². The second-order valence-corrected chi connectivity index (χ2v) is 5.70. The Hall–Kier alpha value is -2.76. The fourth-order valence-electron chi connectivity index (χ4n) is 2.86. The van der Waals surface area contributed by atoms with Crippen molar-refractivity contribution < 1.29 is 8.78 Å². The Labute approximate surface area is 132 Å². The van der Waals surface area contributed by atoms with E-state index in [1.165, 1.54) is 12.1 Å². The molecule has 1 heterocycles. The van der Waals surface area contributed by atoms with Gasteiger partial charge in [0.05, 0.1) is 5.52 Å². The molecule has 2 aromatic carbocycles. The summed E-state index contributed by atoms with van der Waals surface area (Å²) in [6.07, 6.45) is 0. The van der Waals surface area contributed by atoms with Crippen LogP contribution >= 0.6 is 0 Å². The largest absolute Gasteiger partial charge is 0.383 e. The molecule has 23 heavy (non-hydrogen) atoms. The molecule has 0 amide bonds. The van der Waals surface area contributed by atoms with Gasteiger partial charge in [-0.3, -0.25) is 0 Å². The first-order valence-corrected chi connectivity index (χ1v) is 7.19. The maximum Gasteiger partial charge on any atom is 0.222 e. The van der Waals surface area contributed by atoms with Crippen LogP contribution in [0.4, 0.5) is 20.5 Å². The van der Waals surface area contributed by atoms with Gasteiger partial charge in [-0.15, -0.1) is 0 Å². The minimum atomic E-state index is -0.628. The van der Waals surface area contributed by atoms with Gasteiger partial charge in [0.2, 0.25) is 5.95 Å². The summed E-state index contributed by atoms with van der Waals surface area (Å²) in [5.74, 6) is -0.855. The monoisotopic (exact) mass is 314 g/mol. The predicted octanol–water partition coefficient (Wildman–Crippen LogP) is 3.86. The van der Waals surface area contributed by atoms with Crippen LogP contribution in [-0.4, -0.2) is 9.97 Å². The van der Waals surface area contributed by atoms with Crippen molar-refractivity contribution in [3.05, 3.63) is 47.5 Å². The van der Waals surface area contributed by atoms with Gasteiger partial charge in [0.25, 0.3) is 0 Å². The lowest BCUT2D eigenvalue weighted by Crippen LogP contribution is -2.04. The molecule has 0 fully saturated rings. The number of anilines is 2. The van der Waals surface area contributed by atoms with Crippen LogP contribution < -0.4 is 11.5 Å². The van der Waals surface area contributed by atoms with Gasteiger partial charge in [0, 0.05) is 11.5 Å². The minimum Gasteiger partial charge on any atom is -0.383 e. The zero-order chi connectivity index (χ0) is 16.7. The van der Waals surface area contributed by atoms with E-state index in [0.29, 0.717) is 22.0 Å². The highest BCUT2D eigenvalue weighted by atomic mass is 19.1. The lowest BCUT2D eigenvalue weighted by Gasteiger charge is -2.17. The lowest BCUT2D eigenvalue weighted by atomic mass is 9.89. The van der Waals surface area contributed by atoms with Crippen LogP contribution in [0, 0.1) is 11.6 Å². The Morgan fingerprint density at radius 3 is 2.22 bits per heavy atom. The number of nitrogen functional groups attached to an aromatic ring is 2. The summed E-state index contributed by atoms with van der Waals surface area (Å²) in [4.78, 5) is 8.20. The Bertz CT molecular complexity index is 886. The number of aromatic nitrogens is 2. The van der Waals surface area contributed by atoms with E-state index in [1.807, 2.05) is 13.8 Å². The molecule has 0 aliphatic heterocycles. The number of benzene rings is 2. The molecule has 0 atom stereocenters. The molecule has 0 bridgehead atoms. The fourth-order valence-corrected chi connectivity index (χ4v) is 2.86. The van der Waals surface area contributed by atoms with Crippen molar-refractivity contribution in [3.8, 4) is 11.1 Å². The van der Waals surface area contributed by atoms with E-state index in [4.69, 9.17) is 11.5 Å². The lowest BCUT2D eigenvalue weighted by molar-refractivity contribution is 0.584. The molecule has 1 aromatic heterocycles. The van der Waals surface area contributed by atoms with Crippen molar-refractivity contribution in [2.45, 2.75) is 19.8 Å². The molecule has 0 saturated heterocycles. The van der Waals surface area contributed by atoms with Crippen LogP contribution in [0.3, 0.4) is 0 Å². The van der Waals surface area contributed by atoms with Crippen LogP contribution in [0.1, 0.15) is 25.3 Å². The highest BCUT2D eigenvalue weighted by molar-refractivity contribution is 5.97. The molecule has 3 rings (SSSR count). The number of fused-ring (bicyclic) bond motifs is 1. The van der Waals surface area contributed by atoms with Gasteiger partial charge in [0.15, 0.2) is 0 Å². The zero-order valence-electron chi connectivity index (χ0n) is 12.8. The highest BCUT2D eigenvalue weighted by Crippen LogP contribution is 2.37. The molecule has 6 heteroatoms. The smallest absolute Gasteiger partial charge is 0.222 e. The third kappa shape index (κ3) is 2.67. The van der Waals surface area contributed by atoms with Gasteiger partial charge < -0.3 is 11.5 Å². The minimum absolute atomic E-state index is 0.0505. The van der Waals surface area contributed by atoms with Crippen molar-refractivity contribution >= 4 is 22.7 Å². The zero-order valence-corrected chi connectivity index (χ0v) is 12.8. The Morgan fingerprint density at radius 1 is 0.957 bits per heavy atom. The first kappa shape index (κ1) is 15.1. The first-order chi connectivity index (χ1) is 10.9. The Morgan fingerprint density at radius 2 is 1.61 bits per heavy atom. The van der Waals surface area contributed by atoms with Crippen molar-refractivity contribution in [3.63, 3.8) is 0 Å². The van der Waals surface area contributed by atoms with Gasteiger partial charge in [-0.05, 0) is 40.8 Å². The summed E-state index contributed by atoms with van der Waals surface area (Å²) in [5.41, 5.74) is 14.3. The SMILES string of the molecule is CC(C)c1c(-c2cc(F)cc(F)c2)ccc2nc(N)nc(N)c12.